The highest BCUT2D eigenvalue weighted by Gasteiger charge is 2.51. The van der Waals surface area contributed by atoms with Gasteiger partial charge in [-0.15, -0.1) is 0 Å². The number of rotatable bonds is 2. The van der Waals surface area contributed by atoms with Crippen LogP contribution in [-0.4, -0.2) is 34.5 Å². The van der Waals surface area contributed by atoms with E-state index in [2.05, 4.69) is 0 Å². The first-order chi connectivity index (χ1) is 6.52. The minimum absolute atomic E-state index is 0.0172. The monoisotopic (exact) mass is 197 g/mol. The zero-order valence-electron chi connectivity index (χ0n) is 8.32. The summed E-state index contributed by atoms with van der Waals surface area (Å²) in [6.45, 7) is 1.73. The number of β-amino-alcohol motifs (C(OH)–C–C–N with tert-alkyl or cyclic N) is 1. The molecule has 2 rings (SSSR count). The normalized spacial score (nSPS) is 26.9. The lowest BCUT2D eigenvalue weighted by atomic mass is 9.92. The first-order valence-electron chi connectivity index (χ1n) is 5.04. The van der Waals surface area contributed by atoms with Gasteiger partial charge in [0.05, 0.1) is 12.6 Å². The van der Waals surface area contributed by atoms with Crippen LogP contribution >= 0.6 is 0 Å². The van der Waals surface area contributed by atoms with Gasteiger partial charge in [-0.25, -0.2) is 0 Å². The third-order valence-electron chi connectivity index (χ3n) is 3.06. The second-order valence-electron chi connectivity index (χ2n) is 4.60. The zero-order valence-corrected chi connectivity index (χ0v) is 8.32. The van der Waals surface area contributed by atoms with Crippen LogP contribution in [0.5, 0.6) is 0 Å². The van der Waals surface area contributed by atoms with Gasteiger partial charge in [-0.1, -0.05) is 0 Å². The molecule has 14 heavy (non-hydrogen) atoms. The Morgan fingerprint density at radius 3 is 2.21 bits per heavy atom. The number of piperidine rings is 1. The first kappa shape index (κ1) is 9.65. The van der Waals surface area contributed by atoms with E-state index in [9.17, 15) is 9.59 Å². The molecule has 0 bridgehead atoms. The van der Waals surface area contributed by atoms with E-state index < -0.39 is 6.10 Å². The fourth-order valence-electron chi connectivity index (χ4n) is 2.03. The molecule has 1 unspecified atom stereocenters. The van der Waals surface area contributed by atoms with E-state index in [-0.39, 0.29) is 23.8 Å². The van der Waals surface area contributed by atoms with Crippen molar-refractivity contribution in [2.45, 2.75) is 38.7 Å². The molecule has 0 aromatic rings. The Bertz CT molecular complexity index is 261. The molecule has 0 radical (unpaired) electrons. The number of carbonyl (C=O) groups excluding carboxylic acids is 2. The van der Waals surface area contributed by atoms with Crippen molar-refractivity contribution >= 4 is 11.8 Å². The van der Waals surface area contributed by atoms with Crippen molar-refractivity contribution in [3.8, 4) is 0 Å². The summed E-state index contributed by atoms with van der Waals surface area (Å²) in [6, 6.07) is 0. The molecule has 0 aromatic heterocycles. The first-order valence-corrected chi connectivity index (χ1v) is 5.04. The molecule has 1 aliphatic carbocycles. The van der Waals surface area contributed by atoms with Crippen molar-refractivity contribution < 1.29 is 14.7 Å². The molecule has 4 heteroatoms. The van der Waals surface area contributed by atoms with Crippen LogP contribution in [0.3, 0.4) is 0 Å². The fourth-order valence-corrected chi connectivity index (χ4v) is 2.03. The summed E-state index contributed by atoms with van der Waals surface area (Å²) < 4.78 is 0. The predicted octanol–water partition coefficient (Wildman–Crippen LogP) is 0.296. The lowest BCUT2D eigenvalue weighted by Gasteiger charge is -2.30. The highest BCUT2D eigenvalue weighted by Crippen LogP contribution is 2.54. The van der Waals surface area contributed by atoms with Crippen molar-refractivity contribution in [2.24, 2.45) is 5.41 Å². The molecule has 2 fully saturated rings. The van der Waals surface area contributed by atoms with Gasteiger partial charge in [0.1, 0.15) is 0 Å². The average molecular weight is 197 g/mol. The lowest BCUT2D eigenvalue weighted by molar-refractivity contribution is -0.152. The highest BCUT2D eigenvalue weighted by atomic mass is 16.3. The predicted molar refractivity (Wildman–Crippen MR) is 49.3 cm³/mol. The summed E-state index contributed by atoms with van der Waals surface area (Å²) in [4.78, 5) is 24.4. The van der Waals surface area contributed by atoms with Gasteiger partial charge in [0.15, 0.2) is 0 Å². The summed E-state index contributed by atoms with van der Waals surface area (Å²) in [5.41, 5.74) is 0.0172. The lowest BCUT2D eigenvalue weighted by Crippen LogP contribution is -2.46. The molecule has 1 saturated heterocycles. The van der Waals surface area contributed by atoms with Crippen LogP contribution in [0.25, 0.3) is 0 Å². The molecule has 1 spiro atoms. The SMILES string of the molecule is CC(O)CN1C(=O)CC2(CC2)CC1=O. The number of hydrogen-bond donors (Lipinski definition) is 1. The molecule has 1 heterocycles. The van der Waals surface area contributed by atoms with E-state index in [1.807, 2.05) is 0 Å². The maximum absolute atomic E-state index is 11.6. The van der Waals surface area contributed by atoms with Crippen LogP contribution in [0.4, 0.5) is 0 Å². The van der Waals surface area contributed by atoms with Crippen LogP contribution in [0.15, 0.2) is 0 Å². The zero-order chi connectivity index (χ0) is 10.3. The number of hydrogen-bond acceptors (Lipinski definition) is 3. The molecule has 1 N–H and O–H groups in total. The van der Waals surface area contributed by atoms with Crippen molar-refractivity contribution in [3.05, 3.63) is 0 Å². The van der Waals surface area contributed by atoms with Gasteiger partial charge in [-0.05, 0) is 25.2 Å². The summed E-state index contributed by atoms with van der Waals surface area (Å²) in [7, 11) is 0. The van der Waals surface area contributed by atoms with Crippen molar-refractivity contribution in [2.75, 3.05) is 6.54 Å². The largest absolute Gasteiger partial charge is 0.392 e. The van der Waals surface area contributed by atoms with E-state index in [0.29, 0.717) is 12.8 Å². The van der Waals surface area contributed by atoms with Gasteiger partial charge in [0, 0.05) is 12.8 Å². The van der Waals surface area contributed by atoms with Gasteiger partial charge in [-0.3, -0.25) is 14.5 Å². The van der Waals surface area contributed by atoms with Crippen LogP contribution in [0.1, 0.15) is 32.6 Å². The van der Waals surface area contributed by atoms with E-state index in [0.717, 1.165) is 12.8 Å². The Morgan fingerprint density at radius 2 is 1.86 bits per heavy atom. The Hall–Kier alpha value is -0.900. The van der Waals surface area contributed by atoms with E-state index in [1.54, 1.807) is 6.92 Å². The Morgan fingerprint density at radius 1 is 1.36 bits per heavy atom. The highest BCUT2D eigenvalue weighted by molar-refractivity contribution is 5.99. The number of imide groups is 1. The molecule has 2 aliphatic rings. The second-order valence-corrected chi connectivity index (χ2v) is 4.60. The number of carbonyl (C=O) groups is 2. The number of likely N-dealkylation sites (tertiary alicyclic amines) is 1. The Labute approximate surface area is 82.9 Å². The van der Waals surface area contributed by atoms with E-state index >= 15 is 0 Å². The second kappa shape index (κ2) is 3.05. The summed E-state index contributed by atoms with van der Waals surface area (Å²) in [5, 5.41) is 9.14. The Balaban J connectivity index is 2.04. The van der Waals surface area contributed by atoms with Crippen LogP contribution < -0.4 is 0 Å². The minimum atomic E-state index is -0.629. The summed E-state index contributed by atoms with van der Waals surface area (Å²) in [6.07, 6.45) is 2.37. The maximum Gasteiger partial charge on any atom is 0.229 e. The third-order valence-corrected chi connectivity index (χ3v) is 3.06. The van der Waals surface area contributed by atoms with Gasteiger partial charge < -0.3 is 5.11 Å². The molecule has 0 aromatic carbocycles. The Kier molecular flexibility index (Phi) is 2.10. The van der Waals surface area contributed by atoms with Crippen molar-refractivity contribution in [1.82, 2.24) is 4.90 Å². The number of nitrogens with zero attached hydrogens (tertiary/aromatic N) is 1. The summed E-state index contributed by atoms with van der Waals surface area (Å²) in [5.74, 6) is -0.223. The molecule has 2 amide bonds. The van der Waals surface area contributed by atoms with Crippen LogP contribution in [0, 0.1) is 5.41 Å². The average Bonchev–Trinajstić information content (AvgIpc) is 2.77. The minimum Gasteiger partial charge on any atom is -0.392 e. The van der Waals surface area contributed by atoms with E-state index in [1.165, 1.54) is 4.90 Å². The molecule has 1 atom stereocenters. The molecular formula is C10H15NO3. The van der Waals surface area contributed by atoms with E-state index in [4.69, 9.17) is 5.11 Å². The van der Waals surface area contributed by atoms with Gasteiger partial charge in [0.25, 0.3) is 0 Å². The topological polar surface area (TPSA) is 57.6 Å². The van der Waals surface area contributed by atoms with Crippen LogP contribution in [0.2, 0.25) is 0 Å². The van der Waals surface area contributed by atoms with Gasteiger partial charge in [0.2, 0.25) is 11.8 Å². The van der Waals surface area contributed by atoms with Crippen LogP contribution in [-0.2, 0) is 9.59 Å². The number of aliphatic hydroxyl groups is 1. The van der Waals surface area contributed by atoms with Gasteiger partial charge in [-0.2, -0.15) is 0 Å². The number of aliphatic hydroxyl groups excluding tert-OH is 1. The molecule has 4 nitrogen and oxygen atoms in total. The maximum atomic E-state index is 11.6. The third kappa shape index (κ3) is 1.66. The molecular weight excluding hydrogens is 182 g/mol. The quantitative estimate of drug-likeness (QED) is 0.647. The summed E-state index contributed by atoms with van der Waals surface area (Å²) >= 11 is 0. The van der Waals surface area contributed by atoms with Gasteiger partial charge >= 0.3 is 0 Å². The molecule has 78 valence electrons. The fraction of sp³-hybridized carbons (Fsp3) is 0.800. The van der Waals surface area contributed by atoms with Crippen molar-refractivity contribution in [3.63, 3.8) is 0 Å². The molecule has 1 aliphatic heterocycles. The smallest absolute Gasteiger partial charge is 0.229 e. The number of amides is 2. The van der Waals surface area contributed by atoms with Crippen molar-refractivity contribution in [1.29, 1.82) is 0 Å². The standard InChI is InChI=1S/C10H15NO3/c1-7(12)6-11-8(13)4-10(2-3-10)5-9(11)14/h7,12H,2-6H2,1H3. The molecule has 1 saturated carbocycles.